The smallest absolute Gasteiger partial charge is 0.453 e. The number of nitrogens with one attached hydrogen (secondary N) is 1. The minimum absolute atomic E-state index is 0. The number of aromatic nitrogens is 3. The average molecular weight is 321 g/mol. The lowest BCUT2D eigenvalue weighted by Crippen LogP contribution is -2.17. The normalized spacial score (nSPS) is 17.0. The number of hydrogen-bond donors (Lipinski definition) is 1. The number of ether oxygens (including phenoxy) is 1. The number of rotatable bonds is 2. The highest BCUT2D eigenvalue weighted by molar-refractivity contribution is 5.85. The van der Waals surface area contributed by atoms with Crippen LogP contribution < -0.4 is 10.1 Å². The van der Waals surface area contributed by atoms with Crippen LogP contribution in [-0.2, 0) is 6.18 Å². The molecule has 1 aromatic heterocycles. The summed E-state index contributed by atoms with van der Waals surface area (Å²) in [6, 6.07) is 5.25. The summed E-state index contributed by atoms with van der Waals surface area (Å²) in [4.78, 5) is 3.26. The molecule has 9 heteroatoms. The molecule has 0 spiro atoms. The second-order valence-electron chi connectivity index (χ2n) is 4.38. The lowest BCUT2D eigenvalue weighted by Gasteiger charge is -2.07. The van der Waals surface area contributed by atoms with Crippen LogP contribution in [0.4, 0.5) is 13.2 Å². The Labute approximate surface area is 124 Å². The minimum atomic E-state index is -4.55. The number of halogens is 4. The topological polar surface area (TPSA) is 52.0 Å². The predicted octanol–water partition coefficient (Wildman–Crippen LogP) is 2.36. The first kappa shape index (κ1) is 15.6. The van der Waals surface area contributed by atoms with Crippen molar-refractivity contribution in [1.29, 1.82) is 0 Å². The highest BCUT2D eigenvalue weighted by Crippen LogP contribution is 2.34. The summed E-state index contributed by atoms with van der Waals surface area (Å²) in [5, 5.41) is 6.52. The summed E-state index contributed by atoms with van der Waals surface area (Å²) >= 11 is 0. The minimum Gasteiger partial charge on any atom is -0.491 e. The lowest BCUT2D eigenvalue weighted by molar-refractivity contribution is -0.144. The number of alkyl halides is 3. The maximum Gasteiger partial charge on any atom is 0.453 e. The third-order valence-electron chi connectivity index (χ3n) is 3.14. The molecule has 5 nitrogen and oxygen atoms in total. The highest BCUT2D eigenvalue weighted by atomic mass is 35.5. The van der Waals surface area contributed by atoms with Crippen LogP contribution in [0.25, 0.3) is 5.69 Å². The van der Waals surface area contributed by atoms with E-state index >= 15 is 0 Å². The molecule has 0 fully saturated rings. The molecule has 114 valence electrons. The quantitative estimate of drug-likeness (QED) is 0.923. The molecule has 1 aromatic carbocycles. The van der Waals surface area contributed by atoms with Crippen LogP contribution in [0.2, 0.25) is 0 Å². The Bertz CT molecular complexity index is 644. The van der Waals surface area contributed by atoms with Crippen molar-refractivity contribution in [2.75, 3.05) is 13.7 Å². The average Bonchev–Trinajstić information content (AvgIpc) is 3.04. The van der Waals surface area contributed by atoms with Crippen LogP contribution in [-0.4, -0.2) is 28.4 Å². The molecule has 1 unspecified atom stereocenters. The zero-order valence-electron chi connectivity index (χ0n) is 10.9. The van der Waals surface area contributed by atoms with Crippen molar-refractivity contribution >= 4 is 12.4 Å². The van der Waals surface area contributed by atoms with Gasteiger partial charge in [-0.2, -0.15) is 13.2 Å². The molecule has 1 N–H and O–H groups in total. The Hall–Kier alpha value is -1.80. The molecule has 2 aromatic rings. The van der Waals surface area contributed by atoms with Gasteiger partial charge in [-0.15, -0.1) is 17.5 Å². The molecule has 1 atom stereocenters. The van der Waals surface area contributed by atoms with Gasteiger partial charge in [0.1, 0.15) is 18.7 Å². The largest absolute Gasteiger partial charge is 0.491 e. The Morgan fingerprint density at radius 1 is 1.38 bits per heavy atom. The number of hydrogen-bond acceptors (Lipinski definition) is 4. The number of fused-ring (bicyclic) bond motifs is 1. The van der Waals surface area contributed by atoms with Gasteiger partial charge in [-0.1, -0.05) is 6.07 Å². The van der Waals surface area contributed by atoms with E-state index in [0.29, 0.717) is 18.0 Å². The van der Waals surface area contributed by atoms with E-state index in [2.05, 4.69) is 15.4 Å². The zero-order valence-corrected chi connectivity index (χ0v) is 11.7. The van der Waals surface area contributed by atoms with Crippen LogP contribution in [0, 0.1) is 0 Å². The maximum atomic E-state index is 12.5. The van der Waals surface area contributed by atoms with Gasteiger partial charge in [0.2, 0.25) is 0 Å². The third-order valence-corrected chi connectivity index (χ3v) is 3.14. The van der Waals surface area contributed by atoms with Crippen molar-refractivity contribution in [3.8, 4) is 11.4 Å². The third kappa shape index (κ3) is 2.81. The van der Waals surface area contributed by atoms with Crippen LogP contribution in [0.5, 0.6) is 5.75 Å². The number of nitrogens with zero attached hydrogens (tertiary/aromatic N) is 3. The number of likely N-dealkylation sites (N-methyl/N-ethyl adjacent to an activating group) is 1. The zero-order chi connectivity index (χ0) is 14.3. The van der Waals surface area contributed by atoms with Gasteiger partial charge in [-0.05, 0) is 13.1 Å². The summed E-state index contributed by atoms with van der Waals surface area (Å²) in [5.41, 5.74) is 1.45. The van der Waals surface area contributed by atoms with E-state index in [4.69, 9.17) is 4.74 Å². The standard InChI is InChI=1S/C12H11F3N4O.ClH/c1-16-9-5-20-10-4-7(2-3-8(9)10)19-6-17-11(18-19)12(13,14)15;/h2-4,6,9,16H,5H2,1H3;1H. The second-order valence-corrected chi connectivity index (χ2v) is 4.38. The molecule has 0 amide bonds. The summed E-state index contributed by atoms with van der Waals surface area (Å²) in [6.07, 6.45) is -3.51. The monoisotopic (exact) mass is 320 g/mol. The van der Waals surface area contributed by atoms with Gasteiger partial charge in [0.15, 0.2) is 0 Å². The van der Waals surface area contributed by atoms with Crippen LogP contribution in [0.1, 0.15) is 17.4 Å². The van der Waals surface area contributed by atoms with Crippen molar-refractivity contribution in [3.63, 3.8) is 0 Å². The van der Waals surface area contributed by atoms with Crippen molar-refractivity contribution in [3.05, 3.63) is 35.9 Å². The molecular formula is C12H12ClF3N4O. The van der Waals surface area contributed by atoms with Crippen molar-refractivity contribution < 1.29 is 17.9 Å². The predicted molar refractivity (Wildman–Crippen MR) is 70.9 cm³/mol. The summed E-state index contributed by atoms with van der Waals surface area (Å²) in [6.45, 7) is 0.500. The number of benzene rings is 1. The molecule has 0 bridgehead atoms. The molecule has 2 heterocycles. The molecule has 21 heavy (non-hydrogen) atoms. The van der Waals surface area contributed by atoms with Gasteiger partial charge in [-0.25, -0.2) is 9.67 Å². The van der Waals surface area contributed by atoms with E-state index in [1.807, 2.05) is 13.1 Å². The van der Waals surface area contributed by atoms with E-state index in [-0.39, 0.29) is 18.4 Å². The molecule has 0 aliphatic carbocycles. The Morgan fingerprint density at radius 3 is 2.76 bits per heavy atom. The van der Waals surface area contributed by atoms with Gasteiger partial charge < -0.3 is 10.1 Å². The first-order valence-corrected chi connectivity index (χ1v) is 5.92. The SMILES string of the molecule is CNC1COc2cc(-n3cnc(C(F)(F)F)n3)ccc21.Cl. The van der Waals surface area contributed by atoms with Crippen LogP contribution >= 0.6 is 12.4 Å². The van der Waals surface area contributed by atoms with Crippen molar-refractivity contribution in [1.82, 2.24) is 20.1 Å². The first-order valence-electron chi connectivity index (χ1n) is 5.92. The summed E-state index contributed by atoms with van der Waals surface area (Å²) in [7, 11) is 1.82. The molecular weight excluding hydrogens is 309 g/mol. The lowest BCUT2D eigenvalue weighted by atomic mass is 10.1. The van der Waals surface area contributed by atoms with Crippen molar-refractivity contribution in [2.24, 2.45) is 0 Å². The molecule has 0 saturated carbocycles. The molecule has 0 radical (unpaired) electrons. The summed E-state index contributed by atoms with van der Waals surface area (Å²) < 4.78 is 44.0. The summed E-state index contributed by atoms with van der Waals surface area (Å²) in [5.74, 6) is -0.516. The maximum absolute atomic E-state index is 12.5. The van der Waals surface area contributed by atoms with Gasteiger partial charge in [0.25, 0.3) is 5.82 Å². The Balaban J connectivity index is 0.00000161. The fraction of sp³-hybridized carbons (Fsp3) is 0.333. The molecule has 1 aliphatic rings. The molecule has 3 rings (SSSR count). The Morgan fingerprint density at radius 2 is 2.14 bits per heavy atom. The first-order chi connectivity index (χ1) is 9.49. The fourth-order valence-corrected chi connectivity index (χ4v) is 2.10. The Kier molecular flexibility index (Phi) is 4.11. The second kappa shape index (κ2) is 5.53. The highest BCUT2D eigenvalue weighted by Gasteiger charge is 2.36. The van der Waals surface area contributed by atoms with Gasteiger partial charge in [-0.3, -0.25) is 0 Å². The molecule has 0 saturated heterocycles. The van der Waals surface area contributed by atoms with Crippen LogP contribution in [0.3, 0.4) is 0 Å². The van der Waals surface area contributed by atoms with E-state index in [1.165, 1.54) is 0 Å². The van der Waals surface area contributed by atoms with Gasteiger partial charge in [0.05, 0.1) is 11.7 Å². The molecule has 1 aliphatic heterocycles. The van der Waals surface area contributed by atoms with Gasteiger partial charge >= 0.3 is 6.18 Å². The van der Waals surface area contributed by atoms with E-state index in [9.17, 15) is 13.2 Å². The van der Waals surface area contributed by atoms with Gasteiger partial charge in [0, 0.05) is 11.6 Å². The van der Waals surface area contributed by atoms with Crippen molar-refractivity contribution in [2.45, 2.75) is 12.2 Å². The fourth-order valence-electron chi connectivity index (χ4n) is 2.10. The van der Waals surface area contributed by atoms with E-state index in [0.717, 1.165) is 16.6 Å². The van der Waals surface area contributed by atoms with E-state index in [1.54, 1.807) is 12.1 Å². The van der Waals surface area contributed by atoms with Crippen LogP contribution in [0.15, 0.2) is 24.5 Å². The van der Waals surface area contributed by atoms with E-state index < -0.39 is 12.0 Å².